The second-order valence-corrected chi connectivity index (χ2v) is 5.58. The second-order valence-electron chi connectivity index (χ2n) is 5.58. The lowest BCUT2D eigenvalue weighted by atomic mass is 10.1. The molecule has 0 atom stereocenters. The molecule has 3 aromatic rings. The Morgan fingerprint density at radius 3 is 1.88 bits per heavy atom. The Bertz CT molecular complexity index is 840. The zero-order valence-electron chi connectivity index (χ0n) is 14.0. The smallest absolute Gasteiger partial charge is 0.410 e. The van der Waals surface area contributed by atoms with Gasteiger partial charge < -0.3 is 4.74 Å². The zero-order valence-corrected chi connectivity index (χ0v) is 14.0. The van der Waals surface area contributed by atoms with Gasteiger partial charge in [0.1, 0.15) is 5.75 Å². The maximum absolute atomic E-state index is 12.2. The van der Waals surface area contributed by atoms with E-state index >= 15 is 0 Å². The molecule has 25 heavy (non-hydrogen) atoms. The molecule has 0 fully saturated rings. The SMILES string of the molecule is CN(C(=O)Oc1ccc(C=Cc2ccccc2)cc1)c1ccccc1. The average molecular weight is 329 g/mol. The molecule has 0 radical (unpaired) electrons. The van der Waals surface area contributed by atoms with Crippen LogP contribution in [0.15, 0.2) is 84.9 Å². The van der Waals surface area contributed by atoms with Gasteiger partial charge in [-0.15, -0.1) is 0 Å². The normalized spacial score (nSPS) is 10.6. The molecule has 0 aliphatic carbocycles. The van der Waals surface area contributed by atoms with Gasteiger partial charge in [-0.05, 0) is 35.4 Å². The van der Waals surface area contributed by atoms with Crippen LogP contribution in [0.2, 0.25) is 0 Å². The standard InChI is InChI=1S/C22H19NO2/c1-23(20-10-6-3-7-11-20)22(24)25-21-16-14-19(15-17-21)13-12-18-8-4-2-5-9-18/h2-17H,1H3. The lowest BCUT2D eigenvalue weighted by Gasteiger charge is -2.16. The Balaban J connectivity index is 1.62. The number of hydrogen-bond acceptors (Lipinski definition) is 2. The van der Waals surface area contributed by atoms with Gasteiger partial charge in [-0.2, -0.15) is 0 Å². The fourth-order valence-corrected chi connectivity index (χ4v) is 2.33. The van der Waals surface area contributed by atoms with Crippen LogP contribution in [0, 0.1) is 0 Å². The Kier molecular flexibility index (Phi) is 5.27. The third-order valence-corrected chi connectivity index (χ3v) is 3.77. The number of hydrogen-bond donors (Lipinski definition) is 0. The van der Waals surface area contributed by atoms with E-state index in [0.29, 0.717) is 5.75 Å². The van der Waals surface area contributed by atoms with Crippen molar-refractivity contribution in [2.24, 2.45) is 0 Å². The molecule has 3 rings (SSSR count). The summed E-state index contributed by atoms with van der Waals surface area (Å²) < 4.78 is 5.41. The molecule has 0 aromatic heterocycles. The molecule has 0 saturated heterocycles. The van der Waals surface area contributed by atoms with Crippen LogP contribution in [0.1, 0.15) is 11.1 Å². The molecule has 0 bridgehead atoms. The van der Waals surface area contributed by atoms with Crippen LogP contribution in [0.25, 0.3) is 12.2 Å². The molecule has 124 valence electrons. The van der Waals surface area contributed by atoms with Crippen LogP contribution in [0.5, 0.6) is 5.75 Å². The Morgan fingerprint density at radius 2 is 1.28 bits per heavy atom. The van der Waals surface area contributed by atoms with Crippen molar-refractivity contribution in [1.82, 2.24) is 0 Å². The summed E-state index contributed by atoms with van der Waals surface area (Å²) in [5, 5.41) is 0. The molecular weight excluding hydrogens is 310 g/mol. The summed E-state index contributed by atoms with van der Waals surface area (Å²) in [5.41, 5.74) is 2.97. The zero-order chi connectivity index (χ0) is 17.5. The quantitative estimate of drug-likeness (QED) is 0.592. The summed E-state index contributed by atoms with van der Waals surface area (Å²) in [6.07, 6.45) is 3.65. The highest BCUT2D eigenvalue weighted by Gasteiger charge is 2.12. The average Bonchev–Trinajstić information content (AvgIpc) is 2.68. The molecule has 0 aliphatic heterocycles. The van der Waals surface area contributed by atoms with Crippen LogP contribution >= 0.6 is 0 Å². The first-order valence-electron chi connectivity index (χ1n) is 8.06. The maximum Gasteiger partial charge on any atom is 0.419 e. The minimum atomic E-state index is -0.418. The van der Waals surface area contributed by atoms with Gasteiger partial charge in [0.15, 0.2) is 0 Å². The minimum Gasteiger partial charge on any atom is -0.410 e. The van der Waals surface area contributed by atoms with Crippen molar-refractivity contribution >= 4 is 23.9 Å². The van der Waals surface area contributed by atoms with E-state index < -0.39 is 6.09 Å². The fourth-order valence-electron chi connectivity index (χ4n) is 2.33. The van der Waals surface area contributed by atoms with Crippen molar-refractivity contribution in [3.05, 3.63) is 96.1 Å². The van der Waals surface area contributed by atoms with Crippen molar-refractivity contribution in [1.29, 1.82) is 0 Å². The summed E-state index contributed by atoms with van der Waals surface area (Å²) in [6.45, 7) is 0. The topological polar surface area (TPSA) is 29.5 Å². The molecule has 0 unspecified atom stereocenters. The van der Waals surface area contributed by atoms with Gasteiger partial charge >= 0.3 is 6.09 Å². The van der Waals surface area contributed by atoms with Crippen LogP contribution < -0.4 is 9.64 Å². The van der Waals surface area contributed by atoms with Gasteiger partial charge in [-0.25, -0.2) is 4.79 Å². The van der Waals surface area contributed by atoms with Gasteiger partial charge in [0.25, 0.3) is 0 Å². The first kappa shape index (κ1) is 16.5. The Labute approximate surface area is 147 Å². The number of benzene rings is 3. The lowest BCUT2D eigenvalue weighted by Crippen LogP contribution is -2.29. The monoisotopic (exact) mass is 329 g/mol. The Hall–Kier alpha value is -3.33. The summed E-state index contributed by atoms with van der Waals surface area (Å²) in [6, 6.07) is 26.9. The van der Waals surface area contributed by atoms with Crippen LogP contribution in [0.3, 0.4) is 0 Å². The number of nitrogens with zero attached hydrogens (tertiary/aromatic N) is 1. The van der Waals surface area contributed by atoms with Crippen molar-refractivity contribution in [3.8, 4) is 5.75 Å². The van der Waals surface area contributed by atoms with Crippen molar-refractivity contribution < 1.29 is 9.53 Å². The third-order valence-electron chi connectivity index (χ3n) is 3.77. The highest BCUT2D eigenvalue weighted by atomic mass is 16.6. The van der Waals surface area contributed by atoms with Crippen LogP contribution in [0.4, 0.5) is 10.5 Å². The lowest BCUT2D eigenvalue weighted by molar-refractivity contribution is 0.209. The number of amides is 1. The van der Waals surface area contributed by atoms with Gasteiger partial charge in [-0.1, -0.05) is 72.8 Å². The predicted molar refractivity (Wildman–Crippen MR) is 103 cm³/mol. The summed E-state index contributed by atoms with van der Waals surface area (Å²) >= 11 is 0. The number of ether oxygens (including phenoxy) is 1. The largest absolute Gasteiger partial charge is 0.419 e. The number of para-hydroxylation sites is 1. The van der Waals surface area contributed by atoms with Gasteiger partial charge in [0.2, 0.25) is 0 Å². The first-order valence-corrected chi connectivity index (χ1v) is 8.06. The van der Waals surface area contributed by atoms with Crippen molar-refractivity contribution in [2.45, 2.75) is 0 Å². The minimum absolute atomic E-state index is 0.418. The van der Waals surface area contributed by atoms with E-state index in [1.165, 1.54) is 4.90 Å². The number of carbonyl (C=O) groups excluding carboxylic acids is 1. The molecule has 0 spiro atoms. The molecule has 3 aromatic carbocycles. The third kappa shape index (κ3) is 4.58. The van der Waals surface area contributed by atoms with E-state index in [9.17, 15) is 4.79 Å². The molecule has 0 aliphatic rings. The van der Waals surface area contributed by atoms with Crippen LogP contribution in [-0.2, 0) is 0 Å². The van der Waals surface area contributed by atoms with E-state index in [1.807, 2.05) is 84.9 Å². The molecule has 0 N–H and O–H groups in total. The molecule has 0 heterocycles. The van der Waals surface area contributed by atoms with E-state index in [2.05, 4.69) is 0 Å². The van der Waals surface area contributed by atoms with E-state index in [-0.39, 0.29) is 0 Å². The summed E-state index contributed by atoms with van der Waals surface area (Å²) in [5.74, 6) is 0.518. The Morgan fingerprint density at radius 1 is 0.760 bits per heavy atom. The van der Waals surface area contributed by atoms with Crippen molar-refractivity contribution in [2.75, 3.05) is 11.9 Å². The van der Waals surface area contributed by atoms with Crippen LogP contribution in [-0.4, -0.2) is 13.1 Å². The van der Waals surface area contributed by atoms with E-state index in [4.69, 9.17) is 4.74 Å². The first-order chi connectivity index (χ1) is 12.2. The van der Waals surface area contributed by atoms with Gasteiger partial charge in [0.05, 0.1) is 0 Å². The molecule has 1 amide bonds. The molecular formula is C22H19NO2. The number of anilines is 1. The van der Waals surface area contributed by atoms with Gasteiger partial charge in [0, 0.05) is 12.7 Å². The summed E-state index contributed by atoms with van der Waals surface area (Å²) in [7, 11) is 1.69. The van der Waals surface area contributed by atoms with Crippen molar-refractivity contribution in [3.63, 3.8) is 0 Å². The molecule has 3 nitrogen and oxygen atoms in total. The highest BCUT2D eigenvalue weighted by Crippen LogP contribution is 2.17. The number of rotatable bonds is 4. The van der Waals surface area contributed by atoms with E-state index in [0.717, 1.165) is 16.8 Å². The molecule has 3 heteroatoms. The second kappa shape index (κ2) is 7.97. The van der Waals surface area contributed by atoms with E-state index in [1.54, 1.807) is 19.2 Å². The van der Waals surface area contributed by atoms with Gasteiger partial charge in [-0.3, -0.25) is 4.90 Å². The number of carbonyl (C=O) groups is 1. The fraction of sp³-hybridized carbons (Fsp3) is 0.0455. The predicted octanol–water partition coefficient (Wildman–Crippen LogP) is 5.49. The molecule has 0 saturated carbocycles. The highest BCUT2D eigenvalue weighted by molar-refractivity contribution is 5.88. The maximum atomic E-state index is 12.2. The summed E-state index contributed by atoms with van der Waals surface area (Å²) in [4.78, 5) is 13.7.